The van der Waals surface area contributed by atoms with Crippen LogP contribution in [0.25, 0.3) is 0 Å². The van der Waals surface area contributed by atoms with Gasteiger partial charge in [0.05, 0.1) is 33.8 Å². The molecule has 0 saturated carbocycles. The van der Waals surface area contributed by atoms with Crippen molar-refractivity contribution in [1.29, 1.82) is 5.26 Å². The third-order valence-corrected chi connectivity index (χ3v) is 7.25. The predicted octanol–water partition coefficient (Wildman–Crippen LogP) is 6.00. The van der Waals surface area contributed by atoms with E-state index >= 15 is 0 Å². The van der Waals surface area contributed by atoms with Crippen molar-refractivity contribution in [2.45, 2.75) is 43.8 Å². The topological polar surface area (TPSA) is 98.5 Å². The highest BCUT2D eigenvalue weighted by molar-refractivity contribution is 9.09. The number of benzene rings is 2. The lowest BCUT2D eigenvalue weighted by atomic mass is 9.92. The van der Waals surface area contributed by atoms with Gasteiger partial charge in [0.2, 0.25) is 0 Å². The highest BCUT2D eigenvalue weighted by Gasteiger charge is 2.46. The molecule has 38 heavy (non-hydrogen) atoms. The third kappa shape index (κ3) is 5.63. The molecule has 7 nitrogen and oxygen atoms in total. The van der Waals surface area contributed by atoms with E-state index in [0.717, 1.165) is 28.6 Å². The van der Waals surface area contributed by atoms with Crippen molar-refractivity contribution >= 4 is 43.3 Å². The second-order valence-electron chi connectivity index (χ2n) is 8.54. The maximum Gasteiger partial charge on any atom is 0.416 e. The van der Waals surface area contributed by atoms with Gasteiger partial charge in [0.25, 0.3) is 0 Å². The normalized spacial score (nSPS) is 17.7. The van der Waals surface area contributed by atoms with Crippen molar-refractivity contribution in [2.75, 3.05) is 23.0 Å². The number of amides is 2. The van der Waals surface area contributed by atoms with E-state index in [1.54, 1.807) is 6.92 Å². The first-order valence-electron chi connectivity index (χ1n) is 11.6. The van der Waals surface area contributed by atoms with Gasteiger partial charge >= 0.3 is 12.2 Å². The van der Waals surface area contributed by atoms with E-state index in [1.165, 1.54) is 35.2 Å². The van der Waals surface area contributed by atoms with Crippen LogP contribution in [0.15, 0.2) is 58.6 Å². The summed E-state index contributed by atoms with van der Waals surface area (Å²) in [5, 5.41) is 10.3. The van der Waals surface area contributed by atoms with Crippen molar-refractivity contribution < 1.29 is 31.2 Å². The lowest BCUT2D eigenvalue weighted by molar-refractivity contribution is -0.137. The molecule has 0 bridgehead atoms. The van der Waals surface area contributed by atoms with E-state index in [-0.39, 0.29) is 58.1 Å². The first kappa shape index (κ1) is 29.4. The summed E-state index contributed by atoms with van der Waals surface area (Å²) in [4.78, 5) is 28.9. The van der Waals surface area contributed by atoms with Crippen LogP contribution in [-0.4, -0.2) is 43.3 Å². The Morgan fingerprint density at radius 3 is 2.32 bits per heavy atom. The van der Waals surface area contributed by atoms with Crippen LogP contribution in [-0.2, 0) is 20.8 Å². The molecule has 0 spiro atoms. The molecule has 1 aliphatic heterocycles. The number of likely N-dealkylation sites (N-methyl/N-ethyl adjacent to an activating group) is 1. The highest BCUT2D eigenvalue weighted by Crippen LogP contribution is 2.46. The Kier molecular flexibility index (Phi) is 8.73. The average molecular weight is 612 g/mol. The number of anilines is 1. The molecule has 1 atom stereocenters. The van der Waals surface area contributed by atoms with E-state index in [0.29, 0.717) is 0 Å². The van der Waals surface area contributed by atoms with Crippen molar-refractivity contribution in [3.63, 3.8) is 0 Å². The van der Waals surface area contributed by atoms with E-state index in [2.05, 4.69) is 15.9 Å². The monoisotopic (exact) mass is 611 g/mol. The third-order valence-electron chi connectivity index (χ3n) is 6.10. The van der Waals surface area contributed by atoms with Gasteiger partial charge < -0.3 is 4.90 Å². The zero-order valence-corrected chi connectivity index (χ0v) is 23.2. The van der Waals surface area contributed by atoms with E-state index in [9.17, 15) is 36.4 Å². The molecule has 0 fully saturated rings. The number of sulfone groups is 1. The molecular weight excluding hydrogens is 587 g/mol. The van der Waals surface area contributed by atoms with E-state index < -0.39 is 33.6 Å². The molecule has 2 amide bonds. The second kappa shape index (κ2) is 11.3. The number of ketones is 1. The number of urea groups is 1. The highest BCUT2D eigenvalue weighted by atomic mass is 79.9. The largest absolute Gasteiger partial charge is 0.416 e. The molecule has 2 aliphatic rings. The molecule has 1 heterocycles. The number of alkyl halides is 4. The summed E-state index contributed by atoms with van der Waals surface area (Å²) in [6.45, 7) is 3.72. The Labute approximate surface area is 227 Å². The number of nitriles is 1. The summed E-state index contributed by atoms with van der Waals surface area (Å²) in [6.07, 6.45) is -3.51. The second-order valence-corrected chi connectivity index (χ2v) is 11.6. The molecule has 1 unspecified atom stereocenters. The molecule has 1 aliphatic carbocycles. The van der Waals surface area contributed by atoms with Crippen LogP contribution in [0.5, 0.6) is 0 Å². The summed E-state index contributed by atoms with van der Waals surface area (Å²) in [5.74, 6) is -0.322. The zero-order valence-electron chi connectivity index (χ0n) is 20.8. The molecule has 0 radical (unpaired) electrons. The minimum absolute atomic E-state index is 0.0337. The Bertz CT molecular complexity index is 1450. The number of nitrogens with zero attached hydrogens (tertiary/aromatic N) is 3. The van der Waals surface area contributed by atoms with Crippen LogP contribution in [0.2, 0.25) is 0 Å². The number of hydrogen-bond donors (Lipinski definition) is 0. The molecule has 202 valence electrons. The summed E-state index contributed by atoms with van der Waals surface area (Å²) >= 11 is 3.15. The maximum absolute atomic E-state index is 13.7. The average Bonchev–Trinajstić information content (AvgIpc) is 3.23. The SMILES string of the molecule is CCBr.CCN1C(=O)N(c2cccc(C(F)(F)F)c2)C2=C(C(=O)CC2)C1c1ccc(C#N)cc1S(C)(=O)=O. The van der Waals surface area contributed by atoms with Crippen LogP contribution < -0.4 is 4.90 Å². The molecule has 4 rings (SSSR count). The Hall–Kier alpha value is -3.17. The molecule has 0 saturated heterocycles. The van der Waals surface area contributed by atoms with Gasteiger partial charge in [-0.05, 0) is 49.2 Å². The van der Waals surface area contributed by atoms with Crippen molar-refractivity contribution in [3.05, 3.63) is 70.4 Å². The summed E-state index contributed by atoms with van der Waals surface area (Å²) < 4.78 is 65.2. The predicted molar refractivity (Wildman–Crippen MR) is 139 cm³/mol. The Morgan fingerprint density at radius 1 is 1.11 bits per heavy atom. The summed E-state index contributed by atoms with van der Waals surface area (Å²) in [5.41, 5.74) is -0.306. The Balaban J connectivity index is 0.00000127. The number of hydrogen-bond acceptors (Lipinski definition) is 5. The lowest BCUT2D eigenvalue weighted by Gasteiger charge is -2.42. The van der Waals surface area contributed by atoms with Crippen LogP contribution in [0, 0.1) is 11.3 Å². The number of allylic oxidation sites excluding steroid dienone is 1. The summed E-state index contributed by atoms with van der Waals surface area (Å²) in [7, 11) is -3.86. The molecular formula is C26H25BrF3N3O4S. The number of halogens is 4. The lowest BCUT2D eigenvalue weighted by Crippen LogP contribution is -2.50. The minimum Gasteiger partial charge on any atom is -0.313 e. The Morgan fingerprint density at radius 2 is 1.76 bits per heavy atom. The molecule has 2 aromatic carbocycles. The first-order valence-corrected chi connectivity index (χ1v) is 14.7. The van der Waals surface area contributed by atoms with Gasteiger partial charge in [0.15, 0.2) is 15.6 Å². The van der Waals surface area contributed by atoms with Gasteiger partial charge in [-0.3, -0.25) is 9.69 Å². The fraction of sp³-hybridized carbons (Fsp3) is 0.346. The van der Waals surface area contributed by atoms with Gasteiger partial charge in [0, 0.05) is 35.8 Å². The summed E-state index contributed by atoms with van der Waals surface area (Å²) in [6, 6.07) is 8.45. The number of carbonyl (C=O) groups excluding carboxylic acids is 2. The molecule has 0 N–H and O–H groups in total. The van der Waals surface area contributed by atoms with Gasteiger partial charge in [-0.15, -0.1) is 0 Å². The quantitative estimate of drug-likeness (QED) is 0.395. The van der Waals surface area contributed by atoms with E-state index in [4.69, 9.17) is 0 Å². The smallest absolute Gasteiger partial charge is 0.313 e. The minimum atomic E-state index is -4.63. The standard InChI is InChI=1S/C24H20F3N3O4S.C2H5Br/c1-3-29-22(17-8-7-14(13-28)11-20(17)35(2,33)34)21-18(9-10-19(21)31)30(23(29)32)16-6-4-5-15(12-16)24(25,26)27;1-2-3/h4-8,11-12,22H,3,9-10H2,1-2H3;2H2,1H3. The number of rotatable bonds is 4. The van der Waals surface area contributed by atoms with Crippen LogP contribution >= 0.6 is 15.9 Å². The van der Waals surface area contributed by atoms with Crippen molar-refractivity contribution in [3.8, 4) is 6.07 Å². The fourth-order valence-corrected chi connectivity index (χ4v) is 5.54. The fourth-order valence-electron chi connectivity index (χ4n) is 4.59. The van der Waals surface area contributed by atoms with Gasteiger partial charge in [-0.1, -0.05) is 35.0 Å². The van der Waals surface area contributed by atoms with Crippen molar-refractivity contribution in [1.82, 2.24) is 4.90 Å². The van der Waals surface area contributed by atoms with Crippen LogP contribution in [0.1, 0.15) is 49.4 Å². The van der Waals surface area contributed by atoms with Gasteiger partial charge in [0.1, 0.15) is 0 Å². The molecule has 12 heteroatoms. The zero-order chi connectivity index (χ0) is 28.4. The van der Waals surface area contributed by atoms with Crippen LogP contribution in [0.3, 0.4) is 0 Å². The maximum atomic E-state index is 13.7. The van der Waals surface area contributed by atoms with Crippen LogP contribution in [0.4, 0.5) is 23.7 Å². The van der Waals surface area contributed by atoms with E-state index in [1.807, 2.05) is 13.0 Å². The number of Topliss-reactive ketones (excluding diaryl/α,β-unsaturated/α-hetero) is 1. The van der Waals surface area contributed by atoms with Crippen molar-refractivity contribution in [2.24, 2.45) is 0 Å². The number of carbonyl (C=O) groups is 2. The van der Waals surface area contributed by atoms with Gasteiger partial charge in [-0.25, -0.2) is 13.2 Å². The first-order chi connectivity index (χ1) is 17.8. The molecule has 0 aromatic heterocycles. The molecule has 2 aromatic rings. The van der Waals surface area contributed by atoms with Gasteiger partial charge in [-0.2, -0.15) is 18.4 Å².